The fraction of sp³-hybridized carbons (Fsp3) is 0.375. The molecule has 3 rings (SSSR count). The van der Waals surface area contributed by atoms with Crippen molar-refractivity contribution in [3.8, 4) is 11.1 Å². The molecule has 0 fully saturated rings. The Morgan fingerprint density at radius 1 is 1.03 bits per heavy atom. The highest BCUT2D eigenvalue weighted by Crippen LogP contribution is 2.44. The molecule has 3 N–H and O–H groups in total. The number of hydrogen-bond acceptors (Lipinski definition) is 5. The molecule has 8 nitrogen and oxygen atoms in total. The van der Waals surface area contributed by atoms with Gasteiger partial charge in [-0.15, -0.1) is 0 Å². The van der Waals surface area contributed by atoms with Gasteiger partial charge in [0.1, 0.15) is 12.6 Å². The number of carbonyl (C=O) groups excluding carboxylic acids is 2. The number of alkyl carbamates (subject to hydrolysis) is 1. The molecule has 0 saturated carbocycles. The smallest absolute Gasteiger partial charge is 0.407 e. The van der Waals surface area contributed by atoms with Crippen LogP contribution in [0.2, 0.25) is 0 Å². The predicted octanol–water partition coefficient (Wildman–Crippen LogP) is 3.45. The normalized spacial score (nSPS) is 14.4. The van der Waals surface area contributed by atoms with E-state index in [1.807, 2.05) is 53.8 Å². The zero-order valence-electron chi connectivity index (χ0n) is 18.8. The Bertz CT molecular complexity index is 1030. The summed E-state index contributed by atoms with van der Waals surface area (Å²) in [5.41, 5.74) is 3.83. The molecule has 0 saturated heterocycles. The number of rotatable bonds is 10. The SMILES string of the molecule is COC(CCNC(=O)C(CC(F)(F)F)NC(=O)OCC1c2ccccc2-c2ccccc21)C(=O)O. The number of carboxylic acids is 1. The van der Waals surface area contributed by atoms with Gasteiger partial charge in [0.25, 0.3) is 0 Å². The van der Waals surface area contributed by atoms with Crippen molar-refractivity contribution >= 4 is 18.0 Å². The van der Waals surface area contributed by atoms with Crippen LogP contribution < -0.4 is 10.6 Å². The zero-order valence-corrected chi connectivity index (χ0v) is 18.8. The van der Waals surface area contributed by atoms with Crippen molar-refractivity contribution in [2.45, 2.75) is 37.1 Å². The number of hydrogen-bond donors (Lipinski definition) is 3. The maximum atomic E-state index is 13.0. The highest BCUT2D eigenvalue weighted by molar-refractivity contribution is 5.86. The third-order valence-electron chi connectivity index (χ3n) is 5.65. The van der Waals surface area contributed by atoms with Crippen molar-refractivity contribution in [1.82, 2.24) is 10.6 Å². The number of carbonyl (C=O) groups is 3. The molecule has 0 spiro atoms. The van der Waals surface area contributed by atoms with Crippen LogP contribution in [0.1, 0.15) is 29.9 Å². The number of amides is 2. The molecule has 2 unspecified atom stereocenters. The van der Waals surface area contributed by atoms with Gasteiger partial charge >= 0.3 is 18.2 Å². The summed E-state index contributed by atoms with van der Waals surface area (Å²) in [6.07, 6.45) is -8.92. The maximum absolute atomic E-state index is 13.0. The Morgan fingerprint density at radius 3 is 2.11 bits per heavy atom. The van der Waals surface area contributed by atoms with Crippen LogP contribution in [0.25, 0.3) is 11.1 Å². The van der Waals surface area contributed by atoms with E-state index in [1.165, 1.54) is 0 Å². The summed E-state index contributed by atoms with van der Waals surface area (Å²) in [6, 6.07) is 13.2. The molecule has 0 radical (unpaired) electrons. The van der Waals surface area contributed by atoms with Gasteiger partial charge in [0.15, 0.2) is 6.10 Å². The van der Waals surface area contributed by atoms with E-state index < -0.39 is 42.7 Å². The van der Waals surface area contributed by atoms with Crippen LogP contribution in [0.3, 0.4) is 0 Å². The second-order valence-electron chi connectivity index (χ2n) is 7.98. The van der Waals surface area contributed by atoms with Gasteiger partial charge in [-0.3, -0.25) is 4.79 Å². The molecule has 0 heterocycles. The average Bonchev–Trinajstić information content (AvgIpc) is 3.12. The molecule has 1 aliphatic rings. The van der Waals surface area contributed by atoms with Crippen molar-refractivity contribution < 1.29 is 42.1 Å². The van der Waals surface area contributed by atoms with Crippen LogP contribution in [0, 0.1) is 0 Å². The molecule has 2 amide bonds. The first kappa shape index (κ1) is 26.0. The molecule has 2 aromatic carbocycles. The third-order valence-corrected chi connectivity index (χ3v) is 5.65. The minimum absolute atomic E-state index is 0.131. The lowest BCUT2D eigenvalue weighted by atomic mass is 9.98. The van der Waals surface area contributed by atoms with Crippen molar-refractivity contribution in [1.29, 1.82) is 0 Å². The summed E-state index contributed by atoms with van der Waals surface area (Å²) in [4.78, 5) is 35.6. The van der Waals surface area contributed by atoms with E-state index in [0.29, 0.717) is 0 Å². The highest BCUT2D eigenvalue weighted by atomic mass is 19.4. The number of halogens is 3. The summed E-state index contributed by atoms with van der Waals surface area (Å²) in [6.45, 7) is -0.390. The zero-order chi connectivity index (χ0) is 25.6. The quantitative estimate of drug-likeness (QED) is 0.466. The summed E-state index contributed by atoms with van der Waals surface area (Å²) in [5.74, 6) is -2.69. The van der Waals surface area contributed by atoms with Gasteiger partial charge in [-0.05, 0) is 22.3 Å². The molecule has 0 aromatic heterocycles. The Hall–Kier alpha value is -3.60. The van der Waals surface area contributed by atoms with Crippen LogP contribution >= 0.6 is 0 Å². The van der Waals surface area contributed by atoms with E-state index in [2.05, 4.69) is 5.32 Å². The molecule has 0 aliphatic heterocycles. The van der Waals surface area contributed by atoms with Gasteiger partial charge in [-0.2, -0.15) is 13.2 Å². The van der Waals surface area contributed by atoms with Crippen LogP contribution in [-0.2, 0) is 19.1 Å². The number of nitrogens with one attached hydrogen (secondary N) is 2. The van der Waals surface area contributed by atoms with Crippen LogP contribution in [0.4, 0.5) is 18.0 Å². The monoisotopic (exact) mass is 494 g/mol. The number of alkyl halides is 3. The third kappa shape index (κ3) is 6.72. The number of methoxy groups -OCH3 is 1. The number of aliphatic carboxylic acids is 1. The van der Waals surface area contributed by atoms with E-state index in [-0.39, 0.29) is 25.5 Å². The van der Waals surface area contributed by atoms with Gasteiger partial charge in [-0.25, -0.2) is 9.59 Å². The van der Waals surface area contributed by atoms with E-state index in [4.69, 9.17) is 14.6 Å². The lowest BCUT2D eigenvalue weighted by molar-refractivity contribution is -0.149. The van der Waals surface area contributed by atoms with Gasteiger partial charge in [0.2, 0.25) is 5.91 Å². The number of carboxylic acid groups (broad SMARTS) is 1. The highest BCUT2D eigenvalue weighted by Gasteiger charge is 2.37. The Morgan fingerprint density at radius 2 is 1.60 bits per heavy atom. The van der Waals surface area contributed by atoms with Crippen molar-refractivity contribution in [2.75, 3.05) is 20.3 Å². The van der Waals surface area contributed by atoms with Crippen LogP contribution in [0.5, 0.6) is 0 Å². The average molecular weight is 494 g/mol. The lowest BCUT2D eigenvalue weighted by Gasteiger charge is -2.21. The fourth-order valence-electron chi connectivity index (χ4n) is 4.01. The van der Waals surface area contributed by atoms with E-state index in [9.17, 15) is 27.6 Å². The van der Waals surface area contributed by atoms with Gasteiger partial charge in [-0.1, -0.05) is 48.5 Å². The van der Waals surface area contributed by atoms with Crippen molar-refractivity contribution in [2.24, 2.45) is 0 Å². The molecule has 35 heavy (non-hydrogen) atoms. The van der Waals surface area contributed by atoms with E-state index in [0.717, 1.165) is 29.4 Å². The summed E-state index contributed by atoms with van der Waals surface area (Å²) in [5, 5.41) is 13.1. The maximum Gasteiger partial charge on any atom is 0.407 e. The first-order valence-electron chi connectivity index (χ1n) is 10.8. The summed E-state index contributed by atoms with van der Waals surface area (Å²) >= 11 is 0. The van der Waals surface area contributed by atoms with Gasteiger partial charge in [0.05, 0.1) is 6.42 Å². The largest absolute Gasteiger partial charge is 0.479 e. The number of ether oxygens (including phenoxy) is 2. The van der Waals surface area contributed by atoms with Crippen molar-refractivity contribution in [3.05, 3.63) is 59.7 Å². The summed E-state index contributed by atoms with van der Waals surface area (Å²) in [7, 11) is 1.16. The predicted molar refractivity (Wildman–Crippen MR) is 119 cm³/mol. The second kappa shape index (κ2) is 11.2. The minimum atomic E-state index is -4.74. The Balaban J connectivity index is 1.62. The number of fused-ring (bicyclic) bond motifs is 3. The molecule has 188 valence electrons. The topological polar surface area (TPSA) is 114 Å². The van der Waals surface area contributed by atoms with Gasteiger partial charge in [0, 0.05) is 26.0 Å². The van der Waals surface area contributed by atoms with Crippen LogP contribution in [-0.4, -0.2) is 61.7 Å². The first-order valence-corrected chi connectivity index (χ1v) is 10.8. The molecular weight excluding hydrogens is 469 g/mol. The standard InChI is InChI=1S/C24H25F3N2O6/c1-34-20(22(31)32)10-11-28-21(30)19(12-24(25,26)27)29-23(33)35-13-18-16-8-4-2-6-14(16)15-7-3-5-9-17(15)18/h2-9,18-20H,10-13H2,1H3,(H,28,30)(H,29,33)(H,31,32). The molecule has 2 atom stereocenters. The van der Waals surface area contributed by atoms with Crippen LogP contribution in [0.15, 0.2) is 48.5 Å². The molecule has 1 aliphatic carbocycles. The minimum Gasteiger partial charge on any atom is -0.479 e. The number of benzene rings is 2. The first-order chi connectivity index (χ1) is 16.6. The van der Waals surface area contributed by atoms with E-state index in [1.54, 1.807) is 0 Å². The summed E-state index contributed by atoms with van der Waals surface area (Å²) < 4.78 is 49.0. The molecule has 2 aromatic rings. The second-order valence-corrected chi connectivity index (χ2v) is 7.98. The van der Waals surface area contributed by atoms with Gasteiger partial charge < -0.3 is 25.2 Å². The van der Waals surface area contributed by atoms with E-state index >= 15 is 0 Å². The van der Waals surface area contributed by atoms with Crippen molar-refractivity contribution in [3.63, 3.8) is 0 Å². The lowest BCUT2D eigenvalue weighted by Crippen LogP contribution is -2.49. The molecular formula is C24H25F3N2O6. The molecule has 11 heteroatoms. The Labute approximate surface area is 199 Å². The fourth-order valence-corrected chi connectivity index (χ4v) is 4.01. The Kier molecular flexibility index (Phi) is 8.34. The molecule has 0 bridgehead atoms.